The summed E-state index contributed by atoms with van der Waals surface area (Å²) in [6.07, 6.45) is 3.26. The molecule has 3 N–H and O–H groups in total. The monoisotopic (exact) mass is 322 g/mol. The van der Waals surface area contributed by atoms with E-state index in [4.69, 9.17) is 5.73 Å². The molecule has 3 rings (SSSR count). The molecule has 0 bridgehead atoms. The molecular weight excluding hydrogens is 304 g/mol. The Hall–Kier alpha value is -1.37. The maximum Gasteiger partial charge on any atom is 0.263 e. The number of nitrogens with two attached hydrogens (primary N) is 1. The lowest BCUT2D eigenvalue weighted by molar-refractivity contribution is 0.601. The summed E-state index contributed by atoms with van der Waals surface area (Å²) in [5.41, 5.74) is 8.80. The zero-order chi connectivity index (χ0) is 15.0. The minimum atomic E-state index is -3.55. The molecule has 1 aliphatic carbocycles. The summed E-state index contributed by atoms with van der Waals surface area (Å²) >= 11 is 1.43. The van der Waals surface area contributed by atoms with Gasteiger partial charge in [0.05, 0.1) is 0 Å². The van der Waals surface area contributed by atoms with Crippen molar-refractivity contribution in [2.75, 3.05) is 4.72 Å². The van der Waals surface area contributed by atoms with Gasteiger partial charge in [0.2, 0.25) is 0 Å². The molecule has 0 aliphatic heterocycles. The van der Waals surface area contributed by atoms with Crippen molar-refractivity contribution in [3.8, 4) is 0 Å². The van der Waals surface area contributed by atoms with Crippen LogP contribution in [0.15, 0.2) is 29.2 Å². The molecular formula is C15H18N2O2S2. The van der Waals surface area contributed by atoms with Crippen molar-refractivity contribution in [1.82, 2.24) is 0 Å². The van der Waals surface area contributed by atoms with Gasteiger partial charge >= 0.3 is 0 Å². The molecule has 0 spiro atoms. The molecule has 0 atom stereocenters. The first kappa shape index (κ1) is 14.6. The summed E-state index contributed by atoms with van der Waals surface area (Å²) in [5, 5.41) is 0. The molecule has 0 saturated carbocycles. The average molecular weight is 322 g/mol. The summed E-state index contributed by atoms with van der Waals surface area (Å²) in [6, 6.07) is 7.47. The fourth-order valence-corrected chi connectivity index (χ4v) is 5.30. The second-order valence-corrected chi connectivity index (χ2v) is 8.27. The van der Waals surface area contributed by atoms with Crippen LogP contribution in [0.25, 0.3) is 0 Å². The van der Waals surface area contributed by atoms with Crippen LogP contribution in [-0.4, -0.2) is 8.42 Å². The number of hydrogen-bond donors (Lipinski definition) is 2. The van der Waals surface area contributed by atoms with Gasteiger partial charge in [-0.3, -0.25) is 4.72 Å². The predicted octanol–water partition coefficient (Wildman–Crippen LogP) is 2.80. The smallest absolute Gasteiger partial charge is 0.263 e. The quantitative estimate of drug-likeness (QED) is 0.909. The molecule has 6 heteroatoms. The summed E-state index contributed by atoms with van der Waals surface area (Å²) < 4.78 is 27.7. The highest BCUT2D eigenvalue weighted by Crippen LogP contribution is 2.29. The van der Waals surface area contributed by atoms with Crippen molar-refractivity contribution in [1.29, 1.82) is 0 Å². The molecule has 0 radical (unpaired) electrons. The van der Waals surface area contributed by atoms with Gasteiger partial charge in [-0.25, -0.2) is 8.42 Å². The van der Waals surface area contributed by atoms with E-state index in [1.54, 1.807) is 13.0 Å². The summed E-state index contributed by atoms with van der Waals surface area (Å²) in [5.74, 6) is 0. The van der Waals surface area contributed by atoms with Gasteiger partial charge < -0.3 is 5.73 Å². The van der Waals surface area contributed by atoms with Gasteiger partial charge in [-0.1, -0.05) is 6.07 Å². The van der Waals surface area contributed by atoms with Gasteiger partial charge in [0.25, 0.3) is 10.0 Å². The van der Waals surface area contributed by atoms with Crippen LogP contribution in [0.1, 0.15) is 27.3 Å². The Morgan fingerprint density at radius 3 is 2.71 bits per heavy atom. The van der Waals surface area contributed by atoms with E-state index in [9.17, 15) is 8.42 Å². The van der Waals surface area contributed by atoms with Crippen LogP contribution in [0, 0.1) is 6.92 Å². The molecule has 1 aliphatic rings. The number of sulfonamides is 1. The first-order chi connectivity index (χ1) is 9.99. The number of hydrogen-bond acceptors (Lipinski definition) is 4. The lowest BCUT2D eigenvalue weighted by atomic mass is 10.1. The maximum absolute atomic E-state index is 12.5. The highest BCUT2D eigenvalue weighted by atomic mass is 32.2. The molecule has 0 saturated heterocycles. The number of aryl methyl sites for hydroxylation is 3. The topological polar surface area (TPSA) is 72.2 Å². The predicted molar refractivity (Wildman–Crippen MR) is 86.2 cm³/mol. The third-order valence-corrected chi connectivity index (χ3v) is 6.47. The van der Waals surface area contributed by atoms with E-state index in [0.717, 1.165) is 29.0 Å². The van der Waals surface area contributed by atoms with E-state index >= 15 is 0 Å². The van der Waals surface area contributed by atoms with Gasteiger partial charge in [0.15, 0.2) is 0 Å². The number of nitrogens with one attached hydrogen (secondary N) is 1. The largest absolute Gasteiger partial charge is 0.326 e. The number of thiophene rings is 1. The second kappa shape index (κ2) is 5.44. The van der Waals surface area contributed by atoms with Crippen molar-refractivity contribution in [3.05, 3.63) is 45.1 Å². The van der Waals surface area contributed by atoms with Crippen LogP contribution in [-0.2, 0) is 29.4 Å². The number of fused-ring (bicyclic) bond motifs is 1. The minimum absolute atomic E-state index is 0.327. The standard InChI is InChI=1S/C15H18N2O2S2/c1-10-15(8-14(9-16)20-10)21(18,19)17-13-6-5-11-3-2-4-12(11)7-13/h5-8,17H,2-4,9,16H2,1H3. The molecule has 0 amide bonds. The molecule has 2 aromatic rings. The third kappa shape index (κ3) is 2.84. The highest BCUT2D eigenvalue weighted by Gasteiger charge is 2.20. The second-order valence-electron chi connectivity index (χ2n) is 5.28. The van der Waals surface area contributed by atoms with Crippen molar-refractivity contribution in [3.63, 3.8) is 0 Å². The highest BCUT2D eigenvalue weighted by molar-refractivity contribution is 7.93. The number of benzene rings is 1. The zero-order valence-corrected chi connectivity index (χ0v) is 13.5. The first-order valence-electron chi connectivity index (χ1n) is 6.93. The molecule has 1 aromatic heterocycles. The van der Waals surface area contributed by atoms with Crippen molar-refractivity contribution < 1.29 is 8.42 Å². The third-order valence-electron chi connectivity index (χ3n) is 3.76. The Balaban J connectivity index is 1.90. The van der Waals surface area contributed by atoms with Crippen LogP contribution < -0.4 is 10.5 Å². The van der Waals surface area contributed by atoms with Crippen LogP contribution in [0.5, 0.6) is 0 Å². The van der Waals surface area contributed by atoms with Gasteiger partial charge in [-0.15, -0.1) is 11.3 Å². The molecule has 1 aromatic carbocycles. The van der Waals surface area contributed by atoms with Crippen LogP contribution in [0.4, 0.5) is 5.69 Å². The summed E-state index contributed by atoms with van der Waals surface area (Å²) in [6.45, 7) is 2.17. The van der Waals surface area contributed by atoms with E-state index in [1.807, 2.05) is 18.2 Å². The lowest BCUT2D eigenvalue weighted by Gasteiger charge is -2.09. The SMILES string of the molecule is Cc1sc(CN)cc1S(=O)(=O)Nc1ccc2c(c1)CCC2. The normalized spacial score (nSPS) is 14.2. The minimum Gasteiger partial charge on any atom is -0.326 e. The maximum atomic E-state index is 12.5. The zero-order valence-electron chi connectivity index (χ0n) is 11.8. The average Bonchev–Trinajstić information content (AvgIpc) is 3.04. The van der Waals surface area contributed by atoms with E-state index in [0.29, 0.717) is 17.1 Å². The van der Waals surface area contributed by atoms with Crippen LogP contribution in [0.3, 0.4) is 0 Å². The fraction of sp³-hybridized carbons (Fsp3) is 0.333. The van der Waals surface area contributed by atoms with Crippen LogP contribution >= 0.6 is 11.3 Å². The molecule has 0 unspecified atom stereocenters. The fourth-order valence-electron chi connectivity index (χ4n) is 2.74. The summed E-state index contributed by atoms with van der Waals surface area (Å²) in [4.78, 5) is 1.97. The number of rotatable bonds is 4. The molecule has 112 valence electrons. The molecule has 0 fully saturated rings. The van der Waals surface area contributed by atoms with Gasteiger partial charge in [0, 0.05) is 22.0 Å². The Bertz CT molecular complexity index is 779. The molecule has 1 heterocycles. The Morgan fingerprint density at radius 1 is 1.24 bits per heavy atom. The van der Waals surface area contributed by atoms with Crippen molar-refractivity contribution in [2.45, 2.75) is 37.6 Å². The summed E-state index contributed by atoms with van der Waals surface area (Å²) in [7, 11) is -3.55. The Morgan fingerprint density at radius 2 is 2.00 bits per heavy atom. The molecule has 4 nitrogen and oxygen atoms in total. The number of anilines is 1. The van der Waals surface area contributed by atoms with E-state index in [2.05, 4.69) is 4.72 Å². The lowest BCUT2D eigenvalue weighted by Crippen LogP contribution is -2.13. The van der Waals surface area contributed by atoms with E-state index < -0.39 is 10.0 Å². The Labute approximate surface area is 129 Å². The van der Waals surface area contributed by atoms with E-state index in [-0.39, 0.29) is 0 Å². The first-order valence-corrected chi connectivity index (χ1v) is 9.23. The van der Waals surface area contributed by atoms with E-state index in [1.165, 1.54) is 22.5 Å². The van der Waals surface area contributed by atoms with Crippen molar-refractivity contribution in [2.24, 2.45) is 5.73 Å². The van der Waals surface area contributed by atoms with Gasteiger partial charge in [0.1, 0.15) is 4.90 Å². The van der Waals surface area contributed by atoms with Crippen LogP contribution in [0.2, 0.25) is 0 Å². The van der Waals surface area contributed by atoms with Crippen molar-refractivity contribution >= 4 is 27.0 Å². The molecule has 21 heavy (non-hydrogen) atoms. The van der Waals surface area contributed by atoms with Gasteiger partial charge in [-0.05, 0) is 55.5 Å². The Kier molecular flexibility index (Phi) is 3.77. The van der Waals surface area contributed by atoms with Gasteiger partial charge in [-0.2, -0.15) is 0 Å².